The number of aromatic nitrogens is 5. The van der Waals surface area contributed by atoms with Gasteiger partial charge in [0.2, 0.25) is 5.28 Å². The molecule has 0 fully saturated rings. The highest BCUT2D eigenvalue weighted by molar-refractivity contribution is 7.99. The molecule has 0 bridgehead atoms. The summed E-state index contributed by atoms with van der Waals surface area (Å²) < 4.78 is 1.54. The fourth-order valence-corrected chi connectivity index (χ4v) is 3.72. The molecule has 3 aromatic heterocycles. The monoisotopic (exact) mass is 313 g/mol. The van der Waals surface area contributed by atoms with E-state index in [-0.39, 0.29) is 11.0 Å². The normalized spacial score (nSPS) is 11.3. The first-order valence-electron chi connectivity index (χ1n) is 5.43. The van der Waals surface area contributed by atoms with E-state index in [0.717, 1.165) is 10.2 Å². The predicted octanol–water partition coefficient (Wildman–Crippen LogP) is 2.40. The third-order valence-electron chi connectivity index (χ3n) is 2.49. The summed E-state index contributed by atoms with van der Waals surface area (Å²) in [5.74, 6) is 0. The zero-order chi connectivity index (χ0) is 13.4. The fourth-order valence-electron chi connectivity index (χ4n) is 1.63. The molecule has 98 valence electrons. The number of nitrogens with one attached hydrogen (secondary N) is 1. The minimum atomic E-state index is -0.230. The van der Waals surface area contributed by atoms with Crippen LogP contribution in [0.1, 0.15) is 6.92 Å². The van der Waals surface area contributed by atoms with E-state index in [4.69, 9.17) is 11.6 Å². The first-order valence-corrected chi connectivity index (χ1v) is 7.50. The van der Waals surface area contributed by atoms with Crippen molar-refractivity contribution in [3.8, 4) is 0 Å². The van der Waals surface area contributed by atoms with Crippen molar-refractivity contribution in [1.82, 2.24) is 24.7 Å². The lowest BCUT2D eigenvalue weighted by atomic mass is 10.4. The molecule has 3 rings (SSSR count). The highest BCUT2D eigenvalue weighted by Crippen LogP contribution is 2.32. The van der Waals surface area contributed by atoms with E-state index in [0.29, 0.717) is 16.7 Å². The molecule has 0 aromatic carbocycles. The predicted molar refractivity (Wildman–Crippen MR) is 75.1 cm³/mol. The second kappa shape index (κ2) is 4.95. The van der Waals surface area contributed by atoms with Gasteiger partial charge in [-0.15, -0.1) is 16.4 Å². The molecule has 0 saturated carbocycles. The molecule has 3 heterocycles. The molecule has 0 radical (unpaired) electrons. The van der Waals surface area contributed by atoms with E-state index in [2.05, 4.69) is 20.2 Å². The van der Waals surface area contributed by atoms with Gasteiger partial charge in [-0.05, 0) is 41.7 Å². The molecular weight excluding hydrogens is 306 g/mol. The largest absolute Gasteiger partial charge is 0.343 e. The summed E-state index contributed by atoms with van der Waals surface area (Å²) in [6.07, 6.45) is 0. The van der Waals surface area contributed by atoms with Gasteiger partial charge in [0.15, 0.2) is 5.16 Å². The zero-order valence-corrected chi connectivity index (χ0v) is 12.1. The Morgan fingerprint density at radius 3 is 3.16 bits per heavy atom. The average Bonchev–Trinajstić information content (AvgIpc) is 2.96. The van der Waals surface area contributed by atoms with Crippen molar-refractivity contribution < 1.29 is 0 Å². The van der Waals surface area contributed by atoms with Crippen LogP contribution in [0.4, 0.5) is 0 Å². The fraction of sp³-hybridized carbons (Fsp3) is 0.200. The zero-order valence-electron chi connectivity index (χ0n) is 9.75. The van der Waals surface area contributed by atoms with Gasteiger partial charge in [0.05, 0.1) is 0 Å². The van der Waals surface area contributed by atoms with E-state index in [1.165, 1.54) is 23.1 Å². The van der Waals surface area contributed by atoms with Crippen LogP contribution in [0.25, 0.3) is 10.2 Å². The van der Waals surface area contributed by atoms with Gasteiger partial charge in [0.25, 0.3) is 0 Å². The van der Waals surface area contributed by atoms with Crippen molar-refractivity contribution in [1.29, 1.82) is 0 Å². The lowest BCUT2D eigenvalue weighted by molar-refractivity contribution is 0.660. The third-order valence-corrected chi connectivity index (χ3v) is 4.46. The second-order valence-electron chi connectivity index (χ2n) is 3.59. The van der Waals surface area contributed by atoms with E-state index in [1.807, 2.05) is 18.4 Å². The Bertz CT molecular complexity index is 793. The Morgan fingerprint density at radius 2 is 2.37 bits per heavy atom. The van der Waals surface area contributed by atoms with Crippen molar-refractivity contribution in [2.45, 2.75) is 23.7 Å². The van der Waals surface area contributed by atoms with Crippen LogP contribution < -0.4 is 5.69 Å². The van der Waals surface area contributed by atoms with E-state index >= 15 is 0 Å². The number of fused-ring (bicyclic) bond motifs is 1. The van der Waals surface area contributed by atoms with Crippen LogP contribution in [0.3, 0.4) is 0 Å². The number of thiophene rings is 1. The van der Waals surface area contributed by atoms with Crippen molar-refractivity contribution in [3.63, 3.8) is 0 Å². The molecular formula is C10H8ClN5OS2. The summed E-state index contributed by atoms with van der Waals surface area (Å²) in [5, 5.41) is 10.7. The maximum Gasteiger partial charge on any atom is 0.343 e. The highest BCUT2D eigenvalue weighted by Gasteiger charge is 2.14. The summed E-state index contributed by atoms with van der Waals surface area (Å²) in [4.78, 5) is 20.7. The van der Waals surface area contributed by atoms with Crippen LogP contribution in [0.5, 0.6) is 0 Å². The molecule has 0 aliphatic rings. The topological polar surface area (TPSA) is 76.5 Å². The summed E-state index contributed by atoms with van der Waals surface area (Å²) >= 11 is 8.70. The van der Waals surface area contributed by atoms with E-state index < -0.39 is 0 Å². The summed E-state index contributed by atoms with van der Waals surface area (Å²) in [7, 11) is 0. The standard InChI is InChI=1S/C10H8ClN5OS2/c1-2-16-9(17)14-15-10(16)19-7-5-3-4-18-6(5)12-8(11)13-7/h3-4H,2H2,1H3,(H,14,17). The van der Waals surface area contributed by atoms with E-state index in [9.17, 15) is 4.79 Å². The molecule has 6 nitrogen and oxygen atoms in total. The van der Waals surface area contributed by atoms with Crippen molar-refractivity contribution in [2.75, 3.05) is 0 Å². The third kappa shape index (κ3) is 2.26. The Kier molecular flexibility index (Phi) is 3.29. The summed E-state index contributed by atoms with van der Waals surface area (Å²) in [6.45, 7) is 2.43. The summed E-state index contributed by atoms with van der Waals surface area (Å²) in [5.41, 5.74) is -0.230. The van der Waals surface area contributed by atoms with Crippen LogP contribution in [0.2, 0.25) is 5.28 Å². The molecule has 3 aromatic rings. The number of H-pyrrole nitrogens is 1. The molecule has 19 heavy (non-hydrogen) atoms. The van der Waals surface area contributed by atoms with Gasteiger partial charge < -0.3 is 0 Å². The van der Waals surface area contributed by atoms with Crippen LogP contribution in [0.15, 0.2) is 26.4 Å². The minimum absolute atomic E-state index is 0.193. The number of hydrogen-bond donors (Lipinski definition) is 1. The number of aromatic amines is 1. The van der Waals surface area contributed by atoms with Gasteiger partial charge in [-0.2, -0.15) is 0 Å². The molecule has 0 spiro atoms. The van der Waals surface area contributed by atoms with Gasteiger partial charge in [-0.3, -0.25) is 4.57 Å². The second-order valence-corrected chi connectivity index (χ2v) is 5.78. The molecule has 0 aliphatic carbocycles. The Hall–Kier alpha value is -1.38. The Labute approximate surface area is 120 Å². The van der Waals surface area contributed by atoms with Gasteiger partial charge >= 0.3 is 5.69 Å². The van der Waals surface area contributed by atoms with Crippen LogP contribution in [0, 0.1) is 0 Å². The first-order chi connectivity index (χ1) is 9.19. The molecule has 0 saturated heterocycles. The van der Waals surface area contributed by atoms with Crippen LogP contribution in [-0.2, 0) is 6.54 Å². The quantitative estimate of drug-likeness (QED) is 0.593. The molecule has 0 atom stereocenters. The highest BCUT2D eigenvalue weighted by atomic mass is 35.5. The van der Waals surface area contributed by atoms with Gasteiger partial charge in [0, 0.05) is 11.9 Å². The SMILES string of the molecule is CCn1c(Sc2nc(Cl)nc3sccc23)n[nH]c1=O. The average molecular weight is 314 g/mol. The first kappa shape index (κ1) is 12.6. The smallest absolute Gasteiger partial charge is 0.270 e. The van der Waals surface area contributed by atoms with Gasteiger partial charge in [0.1, 0.15) is 9.86 Å². The maximum atomic E-state index is 11.5. The Morgan fingerprint density at radius 1 is 1.53 bits per heavy atom. The van der Waals surface area contributed by atoms with Gasteiger partial charge in [-0.1, -0.05) is 0 Å². The van der Waals surface area contributed by atoms with Crippen molar-refractivity contribution in [2.24, 2.45) is 0 Å². The number of nitrogens with zero attached hydrogens (tertiary/aromatic N) is 4. The number of rotatable bonds is 3. The summed E-state index contributed by atoms with van der Waals surface area (Å²) in [6, 6.07) is 1.93. The lowest BCUT2D eigenvalue weighted by Crippen LogP contribution is -2.16. The van der Waals surface area contributed by atoms with Crippen molar-refractivity contribution >= 4 is 44.9 Å². The van der Waals surface area contributed by atoms with Crippen LogP contribution >= 0.6 is 34.7 Å². The lowest BCUT2D eigenvalue weighted by Gasteiger charge is -2.03. The van der Waals surface area contributed by atoms with E-state index in [1.54, 1.807) is 4.57 Å². The maximum absolute atomic E-state index is 11.5. The number of halogens is 1. The molecule has 1 N–H and O–H groups in total. The minimum Gasteiger partial charge on any atom is -0.270 e. The van der Waals surface area contributed by atoms with Crippen molar-refractivity contribution in [3.05, 3.63) is 27.2 Å². The number of hydrogen-bond acceptors (Lipinski definition) is 6. The Balaban J connectivity index is 2.10. The molecule has 0 unspecified atom stereocenters. The molecule has 0 aliphatic heterocycles. The molecule has 0 amide bonds. The molecule has 9 heteroatoms. The van der Waals surface area contributed by atoms with Crippen LogP contribution in [-0.4, -0.2) is 24.7 Å². The van der Waals surface area contributed by atoms with Gasteiger partial charge in [-0.25, -0.2) is 19.9 Å².